The number of benzene rings is 1. The van der Waals surface area contributed by atoms with Crippen molar-refractivity contribution in [2.75, 3.05) is 63.5 Å². The Morgan fingerprint density at radius 1 is 1.17 bits per heavy atom. The maximum atomic E-state index is 12.5. The number of rotatable bonds is 11. The third-order valence-corrected chi connectivity index (χ3v) is 6.59. The highest BCUT2D eigenvalue weighted by molar-refractivity contribution is 7.89. The summed E-state index contributed by atoms with van der Waals surface area (Å²) in [5.41, 5.74) is 1.12. The molecule has 0 unspecified atom stereocenters. The Hall–Kier alpha value is -1.84. The van der Waals surface area contributed by atoms with Gasteiger partial charge >= 0.3 is 0 Å². The summed E-state index contributed by atoms with van der Waals surface area (Å²) < 4.78 is 32.0. The fourth-order valence-corrected chi connectivity index (χ4v) is 4.46. The van der Waals surface area contributed by atoms with Crippen molar-refractivity contribution in [1.82, 2.24) is 14.5 Å². The van der Waals surface area contributed by atoms with Crippen molar-refractivity contribution in [2.24, 2.45) is 4.99 Å². The van der Waals surface area contributed by atoms with E-state index in [1.165, 1.54) is 0 Å². The van der Waals surface area contributed by atoms with Gasteiger partial charge in [0.05, 0.1) is 18.5 Å². The van der Waals surface area contributed by atoms with Crippen molar-refractivity contribution in [3.63, 3.8) is 0 Å². The van der Waals surface area contributed by atoms with Gasteiger partial charge < -0.3 is 20.3 Å². The van der Waals surface area contributed by atoms with Crippen molar-refractivity contribution in [2.45, 2.75) is 33.3 Å². The van der Waals surface area contributed by atoms with Crippen molar-refractivity contribution < 1.29 is 13.2 Å². The van der Waals surface area contributed by atoms with Gasteiger partial charge in [0.25, 0.3) is 0 Å². The van der Waals surface area contributed by atoms with Crippen LogP contribution >= 0.6 is 0 Å². The van der Waals surface area contributed by atoms with Crippen LogP contribution in [0.5, 0.6) is 0 Å². The molecule has 30 heavy (non-hydrogen) atoms. The predicted octanol–water partition coefficient (Wildman–Crippen LogP) is 1.83. The molecular formula is C21H37N5O3S. The number of guanidine groups is 1. The van der Waals surface area contributed by atoms with Crippen LogP contribution in [-0.2, 0) is 14.8 Å². The van der Waals surface area contributed by atoms with Crippen LogP contribution in [0.3, 0.4) is 0 Å². The Bertz CT molecular complexity index is 732. The van der Waals surface area contributed by atoms with Crippen LogP contribution in [-0.4, -0.2) is 87.9 Å². The zero-order valence-corrected chi connectivity index (χ0v) is 19.3. The molecule has 2 N–H and O–H groups in total. The monoisotopic (exact) mass is 439 g/mol. The fourth-order valence-electron chi connectivity index (χ4n) is 3.17. The van der Waals surface area contributed by atoms with Crippen LogP contribution in [0.25, 0.3) is 0 Å². The third kappa shape index (κ3) is 8.49. The highest BCUT2D eigenvalue weighted by atomic mass is 32.2. The normalized spacial score (nSPS) is 16.1. The number of para-hydroxylation sites is 1. The predicted molar refractivity (Wildman–Crippen MR) is 124 cm³/mol. The quantitative estimate of drug-likeness (QED) is 0.311. The van der Waals surface area contributed by atoms with E-state index in [0.717, 1.165) is 31.2 Å². The van der Waals surface area contributed by atoms with Gasteiger partial charge in [0.1, 0.15) is 0 Å². The van der Waals surface area contributed by atoms with E-state index in [2.05, 4.69) is 27.7 Å². The first-order chi connectivity index (χ1) is 14.4. The van der Waals surface area contributed by atoms with Gasteiger partial charge in [-0.1, -0.05) is 18.2 Å². The molecule has 2 rings (SSSR count). The minimum Gasteiger partial charge on any atom is -0.385 e. The summed E-state index contributed by atoms with van der Waals surface area (Å²) in [4.78, 5) is 6.87. The molecule has 0 spiro atoms. The van der Waals surface area contributed by atoms with Crippen LogP contribution in [0.1, 0.15) is 27.2 Å². The molecule has 1 fully saturated rings. The molecule has 1 aromatic carbocycles. The number of anilines is 1. The molecular weight excluding hydrogens is 402 g/mol. The van der Waals surface area contributed by atoms with E-state index < -0.39 is 10.0 Å². The van der Waals surface area contributed by atoms with Gasteiger partial charge in [-0.2, -0.15) is 4.31 Å². The lowest BCUT2D eigenvalue weighted by atomic mass is 10.3. The molecule has 0 bridgehead atoms. The van der Waals surface area contributed by atoms with Crippen molar-refractivity contribution in [3.05, 3.63) is 30.3 Å². The number of nitrogens with one attached hydrogen (secondary N) is 2. The molecule has 0 aromatic heterocycles. The third-order valence-electron chi connectivity index (χ3n) is 4.76. The standard InChI is InChI=1S/C21H37N5O3S/c1-4-22-21(24-12-8-11-23-20-9-6-5-7-10-20)25-13-15-26(16-14-25)30(27,28)18-17-29-19(2)3/h5-7,9-10,19,23H,4,8,11-18H2,1-3H3,(H,22,24). The van der Waals surface area contributed by atoms with Crippen LogP contribution < -0.4 is 10.6 Å². The average Bonchev–Trinajstić information content (AvgIpc) is 2.73. The number of sulfonamides is 1. The largest absolute Gasteiger partial charge is 0.385 e. The molecule has 8 nitrogen and oxygen atoms in total. The Balaban J connectivity index is 1.77. The smallest absolute Gasteiger partial charge is 0.216 e. The molecule has 1 aliphatic heterocycles. The van der Waals surface area contributed by atoms with Gasteiger partial charge in [0, 0.05) is 51.5 Å². The number of piperazine rings is 1. The minimum absolute atomic E-state index is 0.0355. The number of hydrogen-bond acceptors (Lipinski definition) is 5. The van der Waals surface area contributed by atoms with E-state index in [-0.39, 0.29) is 18.5 Å². The first-order valence-electron chi connectivity index (χ1n) is 10.8. The maximum Gasteiger partial charge on any atom is 0.216 e. The fraction of sp³-hybridized carbons (Fsp3) is 0.667. The Labute approximate surface area is 181 Å². The average molecular weight is 440 g/mol. The number of hydrogen-bond donors (Lipinski definition) is 2. The summed E-state index contributed by atoms with van der Waals surface area (Å²) in [6, 6.07) is 10.1. The first-order valence-corrected chi connectivity index (χ1v) is 12.4. The maximum absolute atomic E-state index is 12.5. The van der Waals surface area contributed by atoms with E-state index in [1.54, 1.807) is 4.31 Å². The van der Waals surface area contributed by atoms with Crippen molar-refractivity contribution >= 4 is 21.7 Å². The lowest BCUT2D eigenvalue weighted by molar-refractivity contribution is 0.0904. The molecule has 0 atom stereocenters. The molecule has 0 amide bonds. The summed E-state index contributed by atoms with van der Waals surface area (Å²) in [6.07, 6.45) is 0.965. The molecule has 0 radical (unpaired) electrons. The van der Waals surface area contributed by atoms with Crippen LogP contribution in [0.2, 0.25) is 0 Å². The lowest BCUT2D eigenvalue weighted by Gasteiger charge is -2.36. The van der Waals surface area contributed by atoms with Gasteiger partial charge in [-0.05, 0) is 39.3 Å². The van der Waals surface area contributed by atoms with Crippen LogP contribution in [0, 0.1) is 0 Å². The summed E-state index contributed by atoms with van der Waals surface area (Å²) in [5, 5.41) is 6.72. The van der Waals surface area contributed by atoms with Gasteiger partial charge in [0.15, 0.2) is 5.96 Å². The highest BCUT2D eigenvalue weighted by Gasteiger charge is 2.27. The first kappa shape index (κ1) is 24.4. The minimum atomic E-state index is -3.28. The molecule has 0 aliphatic carbocycles. The second-order valence-electron chi connectivity index (χ2n) is 7.50. The number of aliphatic imine (C=N–C) groups is 1. The van der Waals surface area contributed by atoms with Gasteiger partial charge in [-0.3, -0.25) is 4.99 Å². The zero-order chi connectivity index (χ0) is 21.8. The molecule has 1 aromatic rings. The van der Waals surface area contributed by atoms with Gasteiger partial charge in [-0.25, -0.2) is 8.42 Å². The summed E-state index contributed by atoms with van der Waals surface area (Å²) in [6.45, 7) is 10.7. The Kier molecular flexibility index (Phi) is 10.4. The summed E-state index contributed by atoms with van der Waals surface area (Å²) in [5.74, 6) is 0.894. The molecule has 1 saturated heterocycles. The molecule has 0 saturated carbocycles. The second-order valence-corrected chi connectivity index (χ2v) is 9.59. The SMILES string of the molecule is CCNC(=NCCCNc1ccccc1)N1CCN(S(=O)(=O)CCOC(C)C)CC1. The van der Waals surface area contributed by atoms with Crippen LogP contribution in [0.15, 0.2) is 35.3 Å². The summed E-state index contributed by atoms with van der Waals surface area (Å²) in [7, 11) is -3.28. The molecule has 170 valence electrons. The highest BCUT2D eigenvalue weighted by Crippen LogP contribution is 2.09. The zero-order valence-electron chi connectivity index (χ0n) is 18.5. The van der Waals surface area contributed by atoms with Gasteiger partial charge in [0.2, 0.25) is 10.0 Å². The topological polar surface area (TPSA) is 86.3 Å². The van der Waals surface area contributed by atoms with E-state index >= 15 is 0 Å². The Morgan fingerprint density at radius 3 is 2.50 bits per heavy atom. The van der Waals surface area contributed by atoms with Crippen LogP contribution in [0.4, 0.5) is 5.69 Å². The van der Waals surface area contributed by atoms with Crippen molar-refractivity contribution in [3.8, 4) is 0 Å². The number of ether oxygens (including phenoxy) is 1. The van der Waals surface area contributed by atoms with E-state index in [4.69, 9.17) is 9.73 Å². The summed E-state index contributed by atoms with van der Waals surface area (Å²) >= 11 is 0. The number of nitrogens with zero attached hydrogens (tertiary/aromatic N) is 3. The van der Waals surface area contributed by atoms with E-state index in [0.29, 0.717) is 32.7 Å². The molecule has 1 aliphatic rings. The van der Waals surface area contributed by atoms with Crippen molar-refractivity contribution in [1.29, 1.82) is 0 Å². The molecule has 9 heteroatoms. The lowest BCUT2D eigenvalue weighted by Crippen LogP contribution is -2.54. The second kappa shape index (κ2) is 12.8. The Morgan fingerprint density at radius 2 is 1.87 bits per heavy atom. The van der Waals surface area contributed by atoms with E-state index in [9.17, 15) is 8.42 Å². The van der Waals surface area contributed by atoms with Gasteiger partial charge in [-0.15, -0.1) is 0 Å². The van der Waals surface area contributed by atoms with E-state index in [1.807, 2.05) is 39.0 Å². The molecule has 1 heterocycles.